The molecule has 0 saturated heterocycles. The highest BCUT2D eigenvalue weighted by atomic mass is 19.2. The highest BCUT2D eigenvalue weighted by molar-refractivity contribution is 5.86. The Kier molecular flexibility index (Phi) is 7.85. The summed E-state index contributed by atoms with van der Waals surface area (Å²) in [4.78, 5) is 24.9. The minimum Gasteiger partial charge on any atom is -0.445 e. The molecule has 2 amide bonds. The van der Waals surface area contributed by atoms with Crippen LogP contribution in [0.4, 0.5) is 28.0 Å². The first-order chi connectivity index (χ1) is 15.8. The number of hydrogen-bond donors (Lipinski definition) is 3. The summed E-state index contributed by atoms with van der Waals surface area (Å²) in [7, 11) is 0. The molecule has 0 aliphatic rings. The van der Waals surface area contributed by atoms with Crippen LogP contribution in [-0.2, 0) is 22.6 Å². The van der Waals surface area contributed by atoms with E-state index in [1.165, 1.54) is 0 Å². The van der Waals surface area contributed by atoms with Gasteiger partial charge in [0.15, 0.2) is 23.3 Å². The fourth-order valence-corrected chi connectivity index (χ4v) is 2.86. The van der Waals surface area contributed by atoms with Crippen molar-refractivity contribution in [1.82, 2.24) is 10.7 Å². The Bertz CT molecular complexity index is 1090. The van der Waals surface area contributed by atoms with E-state index in [-0.39, 0.29) is 19.1 Å². The van der Waals surface area contributed by atoms with Gasteiger partial charge in [-0.15, -0.1) is 0 Å². The molecule has 0 spiro atoms. The largest absolute Gasteiger partial charge is 0.445 e. The molecule has 0 saturated carbocycles. The summed E-state index contributed by atoms with van der Waals surface area (Å²) in [6.07, 6.45) is -0.916. The van der Waals surface area contributed by atoms with Crippen molar-refractivity contribution in [3.63, 3.8) is 0 Å². The van der Waals surface area contributed by atoms with Gasteiger partial charge in [0, 0.05) is 12.5 Å². The van der Waals surface area contributed by atoms with E-state index in [0.29, 0.717) is 5.56 Å². The highest BCUT2D eigenvalue weighted by Gasteiger charge is 2.24. The number of alkyl carbamates (subject to hydrolysis) is 1. The number of benzene rings is 3. The van der Waals surface area contributed by atoms with Crippen LogP contribution in [0.25, 0.3) is 0 Å². The zero-order chi connectivity index (χ0) is 23.8. The van der Waals surface area contributed by atoms with E-state index in [9.17, 15) is 27.2 Å². The molecule has 0 aliphatic carbocycles. The van der Waals surface area contributed by atoms with Crippen LogP contribution in [0.2, 0.25) is 0 Å². The second kappa shape index (κ2) is 11.0. The van der Waals surface area contributed by atoms with E-state index in [1.54, 1.807) is 60.7 Å². The zero-order valence-electron chi connectivity index (χ0n) is 17.1. The van der Waals surface area contributed by atoms with Gasteiger partial charge in [0.2, 0.25) is 0 Å². The number of nitrogens with one attached hydrogen (secondary N) is 3. The molecule has 0 aliphatic heterocycles. The van der Waals surface area contributed by atoms with Crippen LogP contribution in [-0.4, -0.2) is 18.0 Å². The van der Waals surface area contributed by atoms with E-state index in [0.717, 1.165) is 5.56 Å². The predicted octanol–water partition coefficient (Wildman–Crippen LogP) is 4.22. The molecule has 172 valence electrons. The summed E-state index contributed by atoms with van der Waals surface area (Å²) in [5.74, 6) is -7.66. The predicted molar refractivity (Wildman–Crippen MR) is 112 cm³/mol. The molecular formula is C23H19F4N3O3. The number of amides is 2. The lowest BCUT2D eigenvalue weighted by Crippen LogP contribution is -2.49. The lowest BCUT2D eigenvalue weighted by molar-refractivity contribution is -0.122. The molecule has 33 heavy (non-hydrogen) atoms. The summed E-state index contributed by atoms with van der Waals surface area (Å²) in [5.41, 5.74) is 3.97. The standard InChI is InChI=1S/C23H19F4N3O3/c24-16-12-17(25)20(27)21(19(16)26)29-30-22(31)18(11-14-7-3-1-4-8-14)28-23(32)33-13-15-9-5-2-6-10-15/h1-10,12,18,29H,11,13H2,(H,28,32)(H,30,31)/t18-/m0/s1. The average Bonchev–Trinajstić information content (AvgIpc) is 2.82. The van der Waals surface area contributed by atoms with Crippen molar-refractivity contribution in [3.8, 4) is 0 Å². The first kappa shape index (κ1) is 23.6. The highest BCUT2D eigenvalue weighted by Crippen LogP contribution is 2.23. The fourth-order valence-electron chi connectivity index (χ4n) is 2.86. The van der Waals surface area contributed by atoms with E-state index in [4.69, 9.17) is 4.74 Å². The summed E-state index contributed by atoms with van der Waals surface area (Å²) >= 11 is 0. The normalized spacial score (nSPS) is 11.4. The second-order valence-corrected chi connectivity index (χ2v) is 6.91. The number of rotatable bonds is 8. The quantitative estimate of drug-likeness (QED) is 0.267. The molecule has 0 heterocycles. The van der Waals surface area contributed by atoms with Crippen molar-refractivity contribution in [2.75, 3.05) is 5.43 Å². The molecule has 6 nitrogen and oxygen atoms in total. The molecule has 3 aromatic rings. The molecule has 3 rings (SSSR count). The van der Waals surface area contributed by atoms with Gasteiger partial charge in [0.05, 0.1) is 0 Å². The zero-order valence-corrected chi connectivity index (χ0v) is 17.1. The SMILES string of the molecule is O=C(N[C@@H](Cc1ccccc1)C(=O)NNc1c(F)c(F)cc(F)c1F)OCc1ccccc1. The Morgan fingerprint density at radius 3 is 1.94 bits per heavy atom. The lowest BCUT2D eigenvalue weighted by atomic mass is 10.1. The van der Waals surface area contributed by atoms with Gasteiger partial charge in [-0.25, -0.2) is 22.4 Å². The van der Waals surface area contributed by atoms with Gasteiger partial charge in [-0.1, -0.05) is 60.7 Å². The summed E-state index contributed by atoms with van der Waals surface area (Å²) in [6, 6.07) is 16.2. The molecule has 0 aromatic heterocycles. The van der Waals surface area contributed by atoms with Gasteiger partial charge in [-0.05, 0) is 11.1 Å². The van der Waals surface area contributed by atoms with Gasteiger partial charge in [-0.2, -0.15) is 0 Å². The summed E-state index contributed by atoms with van der Waals surface area (Å²) in [6.45, 7) is -0.0520. The fraction of sp³-hybridized carbons (Fsp3) is 0.130. The van der Waals surface area contributed by atoms with E-state index >= 15 is 0 Å². The number of hydrazine groups is 1. The van der Waals surface area contributed by atoms with E-state index in [1.807, 2.05) is 10.9 Å². The van der Waals surface area contributed by atoms with E-state index in [2.05, 4.69) is 5.32 Å². The Hall–Kier alpha value is -4.08. The molecule has 0 fully saturated rings. The molecule has 0 unspecified atom stereocenters. The van der Waals surface area contributed by atoms with Gasteiger partial charge in [0.25, 0.3) is 5.91 Å². The van der Waals surface area contributed by atoms with Crippen molar-refractivity contribution in [2.45, 2.75) is 19.1 Å². The first-order valence-corrected chi connectivity index (χ1v) is 9.75. The minimum absolute atomic E-state index is 0.00271. The van der Waals surface area contributed by atoms with Crippen LogP contribution in [0.15, 0.2) is 66.7 Å². The summed E-state index contributed by atoms with van der Waals surface area (Å²) in [5, 5.41) is 2.37. The minimum atomic E-state index is -1.72. The molecular weight excluding hydrogens is 442 g/mol. The number of hydrogen-bond acceptors (Lipinski definition) is 4. The van der Waals surface area contributed by atoms with Crippen LogP contribution in [0, 0.1) is 23.3 Å². The third-order valence-electron chi connectivity index (χ3n) is 4.53. The Morgan fingerprint density at radius 1 is 0.818 bits per heavy atom. The molecule has 3 N–H and O–H groups in total. The third kappa shape index (κ3) is 6.45. The monoisotopic (exact) mass is 461 g/mol. The number of carbonyl (C=O) groups is 2. The molecule has 0 bridgehead atoms. The Balaban J connectivity index is 1.69. The van der Waals surface area contributed by atoms with Crippen LogP contribution >= 0.6 is 0 Å². The maximum Gasteiger partial charge on any atom is 0.408 e. The number of anilines is 1. The van der Waals surface area contributed by atoms with Crippen molar-refractivity contribution < 1.29 is 31.9 Å². The maximum atomic E-state index is 13.8. The molecule has 1 atom stereocenters. The van der Waals surface area contributed by atoms with E-state index < -0.39 is 47.0 Å². The smallest absolute Gasteiger partial charge is 0.408 e. The molecule has 3 aromatic carbocycles. The van der Waals surface area contributed by atoms with Crippen LogP contribution in [0.5, 0.6) is 0 Å². The summed E-state index contributed by atoms with van der Waals surface area (Å²) < 4.78 is 59.5. The third-order valence-corrected chi connectivity index (χ3v) is 4.53. The van der Waals surface area contributed by atoms with Crippen molar-refractivity contribution >= 4 is 17.7 Å². The van der Waals surface area contributed by atoms with Crippen LogP contribution in [0.1, 0.15) is 11.1 Å². The average molecular weight is 461 g/mol. The number of carbonyl (C=O) groups excluding carboxylic acids is 2. The maximum absolute atomic E-state index is 13.8. The second-order valence-electron chi connectivity index (χ2n) is 6.91. The van der Waals surface area contributed by atoms with Crippen LogP contribution < -0.4 is 16.2 Å². The molecule has 10 heteroatoms. The van der Waals surface area contributed by atoms with Crippen LogP contribution in [0.3, 0.4) is 0 Å². The van der Waals surface area contributed by atoms with Crippen molar-refractivity contribution in [3.05, 3.63) is 101 Å². The number of halogens is 4. The topological polar surface area (TPSA) is 79.5 Å². The first-order valence-electron chi connectivity index (χ1n) is 9.75. The van der Waals surface area contributed by atoms with Crippen molar-refractivity contribution in [2.24, 2.45) is 0 Å². The molecule has 0 radical (unpaired) electrons. The van der Waals surface area contributed by atoms with Gasteiger partial charge < -0.3 is 10.1 Å². The van der Waals surface area contributed by atoms with Gasteiger partial charge in [-0.3, -0.25) is 15.6 Å². The van der Waals surface area contributed by atoms with Crippen molar-refractivity contribution in [1.29, 1.82) is 0 Å². The Morgan fingerprint density at radius 2 is 1.36 bits per heavy atom. The lowest BCUT2D eigenvalue weighted by Gasteiger charge is -2.19. The number of ether oxygens (including phenoxy) is 1. The van der Waals surface area contributed by atoms with Gasteiger partial charge in [0.1, 0.15) is 18.3 Å². The van der Waals surface area contributed by atoms with Gasteiger partial charge >= 0.3 is 6.09 Å². The Labute approximate surface area is 186 Å².